The summed E-state index contributed by atoms with van der Waals surface area (Å²) in [6.07, 6.45) is 0.901. The van der Waals surface area contributed by atoms with Crippen LogP contribution < -0.4 is 5.32 Å². The average Bonchev–Trinajstić information content (AvgIpc) is 2.53. The van der Waals surface area contributed by atoms with Gasteiger partial charge in [0.15, 0.2) is 0 Å². The Morgan fingerprint density at radius 3 is 2.61 bits per heavy atom. The number of carbonyl (C=O) groups excluding carboxylic acids is 2. The second kappa shape index (κ2) is 7.33. The number of carbonyl (C=O) groups is 2. The van der Waals surface area contributed by atoms with Crippen LogP contribution in [0.2, 0.25) is 0 Å². The van der Waals surface area contributed by atoms with Crippen LogP contribution in [0.3, 0.4) is 0 Å². The van der Waals surface area contributed by atoms with Crippen molar-refractivity contribution in [1.82, 2.24) is 15.1 Å². The van der Waals surface area contributed by atoms with E-state index < -0.39 is 6.04 Å². The quantitative estimate of drug-likeness (QED) is 0.680. The van der Waals surface area contributed by atoms with Crippen molar-refractivity contribution in [2.75, 3.05) is 39.3 Å². The second-order valence-corrected chi connectivity index (χ2v) is 4.67. The molecule has 2 N–H and O–H groups in total. The molecule has 1 fully saturated rings. The van der Waals surface area contributed by atoms with Crippen molar-refractivity contribution >= 4 is 11.8 Å². The molecule has 6 nitrogen and oxygen atoms in total. The Hall–Kier alpha value is -1.14. The molecule has 1 aliphatic heterocycles. The largest absolute Gasteiger partial charge is 0.395 e. The second-order valence-electron chi connectivity index (χ2n) is 4.67. The molecule has 2 amide bonds. The summed E-state index contributed by atoms with van der Waals surface area (Å²) in [5.74, 6) is -0.219. The Morgan fingerprint density at radius 2 is 2.00 bits per heavy atom. The van der Waals surface area contributed by atoms with E-state index in [1.54, 1.807) is 11.8 Å². The molecule has 0 aromatic carbocycles. The minimum absolute atomic E-state index is 0.0314. The number of nitrogens with zero attached hydrogens (tertiary/aromatic N) is 2. The Kier molecular flexibility index (Phi) is 6.07. The molecular weight excluding hydrogens is 234 g/mol. The van der Waals surface area contributed by atoms with Gasteiger partial charge in [0.25, 0.3) is 0 Å². The minimum Gasteiger partial charge on any atom is -0.395 e. The lowest BCUT2D eigenvalue weighted by atomic mass is 10.2. The predicted molar refractivity (Wildman–Crippen MR) is 68.0 cm³/mol. The number of amides is 2. The van der Waals surface area contributed by atoms with Crippen LogP contribution in [0.15, 0.2) is 0 Å². The highest BCUT2D eigenvalue weighted by atomic mass is 16.3. The van der Waals surface area contributed by atoms with E-state index in [2.05, 4.69) is 10.2 Å². The first-order chi connectivity index (χ1) is 8.54. The highest BCUT2D eigenvalue weighted by Crippen LogP contribution is 2.05. The third-order valence-electron chi connectivity index (χ3n) is 3.11. The van der Waals surface area contributed by atoms with Crippen molar-refractivity contribution in [3.8, 4) is 0 Å². The summed E-state index contributed by atoms with van der Waals surface area (Å²) < 4.78 is 0. The van der Waals surface area contributed by atoms with Gasteiger partial charge in [-0.2, -0.15) is 0 Å². The first-order valence-electron chi connectivity index (χ1n) is 6.43. The first kappa shape index (κ1) is 14.9. The predicted octanol–water partition coefficient (Wildman–Crippen LogP) is -0.962. The number of β-amino-alcohol motifs (C(OH)–C–C–N with tert-alkyl or cyclic N) is 1. The van der Waals surface area contributed by atoms with Crippen molar-refractivity contribution in [1.29, 1.82) is 0 Å². The highest BCUT2D eigenvalue weighted by Gasteiger charge is 2.23. The molecule has 18 heavy (non-hydrogen) atoms. The van der Waals surface area contributed by atoms with Gasteiger partial charge in [-0.1, -0.05) is 0 Å². The summed E-state index contributed by atoms with van der Waals surface area (Å²) in [6, 6.07) is -0.466. The van der Waals surface area contributed by atoms with Crippen LogP contribution in [0.4, 0.5) is 0 Å². The number of aliphatic hydroxyl groups is 1. The van der Waals surface area contributed by atoms with Gasteiger partial charge in [-0.15, -0.1) is 0 Å². The van der Waals surface area contributed by atoms with Gasteiger partial charge in [-0.3, -0.25) is 14.5 Å². The summed E-state index contributed by atoms with van der Waals surface area (Å²) in [4.78, 5) is 27.0. The van der Waals surface area contributed by atoms with E-state index in [9.17, 15) is 9.59 Å². The summed E-state index contributed by atoms with van der Waals surface area (Å²) in [6.45, 7) is 6.97. The molecule has 1 atom stereocenters. The molecule has 6 heteroatoms. The fourth-order valence-electron chi connectivity index (χ4n) is 2.20. The summed E-state index contributed by atoms with van der Waals surface area (Å²) in [7, 11) is 0. The van der Waals surface area contributed by atoms with E-state index in [-0.39, 0.29) is 18.4 Å². The number of aliphatic hydroxyl groups excluding tert-OH is 1. The van der Waals surface area contributed by atoms with E-state index in [4.69, 9.17) is 5.11 Å². The average molecular weight is 257 g/mol. The van der Waals surface area contributed by atoms with Gasteiger partial charge in [-0.05, 0) is 19.9 Å². The third-order valence-corrected chi connectivity index (χ3v) is 3.11. The lowest BCUT2D eigenvalue weighted by Gasteiger charge is -2.24. The first-order valence-corrected chi connectivity index (χ1v) is 6.43. The van der Waals surface area contributed by atoms with Crippen LogP contribution in [0.1, 0.15) is 20.3 Å². The molecular formula is C12H23N3O3. The van der Waals surface area contributed by atoms with Gasteiger partial charge in [0.05, 0.1) is 6.61 Å². The van der Waals surface area contributed by atoms with Gasteiger partial charge in [0.1, 0.15) is 6.04 Å². The molecule has 104 valence electrons. The summed E-state index contributed by atoms with van der Waals surface area (Å²) in [5, 5.41) is 11.5. The maximum absolute atomic E-state index is 12.1. The van der Waals surface area contributed by atoms with Crippen LogP contribution in [0.25, 0.3) is 0 Å². The fraction of sp³-hybridized carbons (Fsp3) is 0.833. The molecule has 0 spiro atoms. The molecule has 0 saturated carbocycles. The molecule has 1 aliphatic rings. The Morgan fingerprint density at radius 1 is 1.28 bits per heavy atom. The van der Waals surface area contributed by atoms with E-state index in [0.717, 1.165) is 19.5 Å². The van der Waals surface area contributed by atoms with Gasteiger partial charge in [0.2, 0.25) is 11.8 Å². The maximum Gasteiger partial charge on any atom is 0.244 e. The van der Waals surface area contributed by atoms with Crippen molar-refractivity contribution in [2.45, 2.75) is 26.3 Å². The molecule has 1 saturated heterocycles. The topological polar surface area (TPSA) is 72.9 Å². The number of rotatable bonds is 4. The monoisotopic (exact) mass is 257 g/mol. The Bertz CT molecular complexity index is 296. The third kappa shape index (κ3) is 4.62. The molecule has 1 heterocycles. The summed E-state index contributed by atoms with van der Waals surface area (Å²) in [5.41, 5.74) is 0. The molecule has 1 unspecified atom stereocenters. The van der Waals surface area contributed by atoms with Crippen molar-refractivity contribution in [2.24, 2.45) is 0 Å². The highest BCUT2D eigenvalue weighted by molar-refractivity contribution is 5.86. The van der Waals surface area contributed by atoms with Crippen LogP contribution >= 0.6 is 0 Å². The summed E-state index contributed by atoms with van der Waals surface area (Å²) >= 11 is 0. The van der Waals surface area contributed by atoms with E-state index in [0.29, 0.717) is 19.6 Å². The van der Waals surface area contributed by atoms with Crippen LogP contribution in [-0.2, 0) is 9.59 Å². The van der Waals surface area contributed by atoms with Crippen molar-refractivity contribution in [3.05, 3.63) is 0 Å². The molecule has 0 radical (unpaired) electrons. The lowest BCUT2D eigenvalue weighted by molar-refractivity contribution is -0.135. The fourth-order valence-corrected chi connectivity index (χ4v) is 2.20. The molecule has 1 rings (SSSR count). The number of hydrogen-bond donors (Lipinski definition) is 2. The lowest BCUT2D eigenvalue weighted by Crippen LogP contribution is -2.47. The van der Waals surface area contributed by atoms with E-state index >= 15 is 0 Å². The van der Waals surface area contributed by atoms with Crippen LogP contribution in [0, 0.1) is 0 Å². The minimum atomic E-state index is -0.466. The smallest absolute Gasteiger partial charge is 0.244 e. The SMILES string of the molecule is CC(=O)NC(C)C(=O)N1CCCN(CCO)CC1. The van der Waals surface area contributed by atoms with Gasteiger partial charge in [0, 0.05) is 33.1 Å². The normalized spacial score (nSPS) is 19.2. The standard InChI is InChI=1S/C12H23N3O3/c1-10(13-11(2)17)12(18)15-5-3-4-14(6-7-15)8-9-16/h10,16H,3-9H2,1-2H3,(H,13,17). The van der Waals surface area contributed by atoms with Gasteiger partial charge >= 0.3 is 0 Å². The van der Waals surface area contributed by atoms with Crippen LogP contribution in [-0.4, -0.2) is 72.1 Å². The van der Waals surface area contributed by atoms with Crippen LogP contribution in [0.5, 0.6) is 0 Å². The van der Waals surface area contributed by atoms with Gasteiger partial charge in [-0.25, -0.2) is 0 Å². The van der Waals surface area contributed by atoms with Gasteiger partial charge < -0.3 is 15.3 Å². The molecule has 0 aromatic heterocycles. The Balaban J connectivity index is 2.46. The van der Waals surface area contributed by atoms with Crippen molar-refractivity contribution < 1.29 is 14.7 Å². The van der Waals surface area contributed by atoms with E-state index in [1.165, 1.54) is 6.92 Å². The Labute approximate surface area is 108 Å². The maximum atomic E-state index is 12.1. The molecule has 0 aromatic rings. The zero-order valence-electron chi connectivity index (χ0n) is 11.2. The van der Waals surface area contributed by atoms with Crippen molar-refractivity contribution in [3.63, 3.8) is 0 Å². The number of hydrogen-bond acceptors (Lipinski definition) is 4. The number of nitrogens with one attached hydrogen (secondary N) is 1. The van der Waals surface area contributed by atoms with E-state index in [1.807, 2.05) is 0 Å². The zero-order chi connectivity index (χ0) is 13.5. The zero-order valence-corrected chi connectivity index (χ0v) is 11.2. The molecule has 0 bridgehead atoms. The molecule has 0 aliphatic carbocycles.